The third kappa shape index (κ3) is 4.10. The van der Waals surface area contributed by atoms with Gasteiger partial charge in [0.25, 0.3) is 0 Å². The van der Waals surface area contributed by atoms with Gasteiger partial charge in [0.2, 0.25) is 5.91 Å². The second kappa shape index (κ2) is 7.45. The van der Waals surface area contributed by atoms with Crippen molar-refractivity contribution in [1.29, 1.82) is 0 Å². The molecule has 2 rings (SSSR count). The van der Waals surface area contributed by atoms with E-state index in [-0.39, 0.29) is 17.8 Å². The standard InChI is InChI=1S/C18H20FNOS/c1-13-6-4-5-7-17(13)22-12-18(21)20(3)14(2)15-8-10-16(19)11-9-15/h4-11,14H,12H2,1-3H3. The first-order chi connectivity index (χ1) is 10.5. The second-order valence-corrected chi connectivity index (χ2v) is 6.30. The second-order valence-electron chi connectivity index (χ2n) is 5.29. The maximum absolute atomic E-state index is 13.0. The first kappa shape index (κ1) is 16.6. The van der Waals surface area contributed by atoms with Crippen LogP contribution in [0.2, 0.25) is 0 Å². The number of rotatable bonds is 5. The van der Waals surface area contributed by atoms with Crippen molar-refractivity contribution in [2.24, 2.45) is 0 Å². The molecule has 2 nitrogen and oxygen atoms in total. The minimum absolute atomic E-state index is 0.0603. The lowest BCUT2D eigenvalue weighted by Crippen LogP contribution is -2.31. The summed E-state index contributed by atoms with van der Waals surface area (Å²) in [5.41, 5.74) is 2.10. The van der Waals surface area contributed by atoms with Crippen molar-refractivity contribution in [2.75, 3.05) is 12.8 Å². The molecule has 0 fully saturated rings. The summed E-state index contributed by atoms with van der Waals surface area (Å²) in [4.78, 5) is 15.2. The van der Waals surface area contributed by atoms with Crippen molar-refractivity contribution < 1.29 is 9.18 Å². The Morgan fingerprint density at radius 3 is 2.45 bits per heavy atom. The zero-order valence-electron chi connectivity index (χ0n) is 13.0. The van der Waals surface area contributed by atoms with Gasteiger partial charge in [0.1, 0.15) is 5.82 Å². The van der Waals surface area contributed by atoms with Gasteiger partial charge in [-0.2, -0.15) is 0 Å². The largest absolute Gasteiger partial charge is 0.338 e. The van der Waals surface area contributed by atoms with Gasteiger partial charge in [-0.1, -0.05) is 30.3 Å². The van der Waals surface area contributed by atoms with Gasteiger partial charge < -0.3 is 4.90 Å². The van der Waals surface area contributed by atoms with Crippen molar-refractivity contribution in [3.8, 4) is 0 Å². The molecule has 0 aromatic heterocycles. The summed E-state index contributed by atoms with van der Waals surface area (Å²) >= 11 is 1.55. The Morgan fingerprint density at radius 2 is 1.82 bits per heavy atom. The summed E-state index contributed by atoms with van der Waals surface area (Å²) in [6, 6.07) is 14.2. The number of carbonyl (C=O) groups excluding carboxylic acids is 1. The molecule has 1 atom stereocenters. The van der Waals surface area contributed by atoms with E-state index < -0.39 is 0 Å². The van der Waals surface area contributed by atoms with Gasteiger partial charge in [-0.15, -0.1) is 11.8 Å². The van der Waals surface area contributed by atoms with Crippen molar-refractivity contribution in [1.82, 2.24) is 4.90 Å². The van der Waals surface area contributed by atoms with Crippen LogP contribution in [-0.2, 0) is 4.79 Å². The van der Waals surface area contributed by atoms with Crippen LogP contribution >= 0.6 is 11.8 Å². The monoisotopic (exact) mass is 317 g/mol. The molecule has 2 aromatic rings. The molecule has 116 valence electrons. The van der Waals surface area contributed by atoms with Crippen LogP contribution in [0, 0.1) is 12.7 Å². The Balaban J connectivity index is 1.97. The fourth-order valence-corrected chi connectivity index (χ4v) is 3.09. The third-order valence-electron chi connectivity index (χ3n) is 3.77. The average molecular weight is 317 g/mol. The van der Waals surface area contributed by atoms with Crippen molar-refractivity contribution >= 4 is 17.7 Å². The van der Waals surface area contributed by atoms with Crippen LogP contribution in [0.15, 0.2) is 53.4 Å². The normalized spacial score (nSPS) is 12.0. The molecule has 1 unspecified atom stereocenters. The quantitative estimate of drug-likeness (QED) is 0.760. The summed E-state index contributed by atoms with van der Waals surface area (Å²) in [5.74, 6) is 0.192. The molecule has 0 radical (unpaired) electrons. The number of hydrogen-bond donors (Lipinski definition) is 0. The summed E-state index contributed by atoms with van der Waals surface area (Å²) in [6.07, 6.45) is 0. The van der Waals surface area contributed by atoms with E-state index in [9.17, 15) is 9.18 Å². The highest BCUT2D eigenvalue weighted by molar-refractivity contribution is 8.00. The highest BCUT2D eigenvalue weighted by Gasteiger charge is 2.17. The maximum Gasteiger partial charge on any atom is 0.233 e. The lowest BCUT2D eigenvalue weighted by molar-refractivity contribution is -0.128. The molecule has 0 saturated heterocycles. The van der Waals surface area contributed by atoms with Gasteiger partial charge in [0, 0.05) is 11.9 Å². The van der Waals surface area contributed by atoms with Crippen LogP contribution in [0.25, 0.3) is 0 Å². The van der Waals surface area contributed by atoms with E-state index in [2.05, 4.69) is 0 Å². The fourth-order valence-electron chi connectivity index (χ4n) is 2.14. The number of amides is 1. The Kier molecular flexibility index (Phi) is 5.61. The van der Waals surface area contributed by atoms with Gasteiger partial charge in [-0.05, 0) is 43.2 Å². The molecule has 0 aliphatic carbocycles. The summed E-state index contributed by atoms with van der Waals surface area (Å²) in [5, 5.41) is 0. The van der Waals surface area contributed by atoms with E-state index in [0.29, 0.717) is 5.75 Å². The number of halogens is 1. The molecule has 0 bridgehead atoms. The number of benzene rings is 2. The van der Waals surface area contributed by atoms with Gasteiger partial charge in [0.15, 0.2) is 0 Å². The molecule has 1 amide bonds. The van der Waals surface area contributed by atoms with Crippen LogP contribution in [0.5, 0.6) is 0 Å². The molecule has 0 saturated carbocycles. The molecule has 22 heavy (non-hydrogen) atoms. The van der Waals surface area contributed by atoms with E-state index >= 15 is 0 Å². The van der Waals surface area contributed by atoms with Crippen molar-refractivity contribution in [2.45, 2.75) is 24.8 Å². The predicted molar refractivity (Wildman–Crippen MR) is 89.5 cm³/mol. The predicted octanol–water partition coefficient (Wildman–Crippen LogP) is 4.45. The van der Waals surface area contributed by atoms with Crippen LogP contribution in [-0.4, -0.2) is 23.6 Å². The van der Waals surface area contributed by atoms with Crippen molar-refractivity contribution in [3.05, 3.63) is 65.5 Å². The summed E-state index contributed by atoms with van der Waals surface area (Å²) in [6.45, 7) is 3.99. The van der Waals surface area contributed by atoms with Crippen LogP contribution in [0.4, 0.5) is 4.39 Å². The first-order valence-electron chi connectivity index (χ1n) is 7.18. The molecule has 0 heterocycles. The van der Waals surface area contributed by atoms with Crippen LogP contribution < -0.4 is 0 Å². The molecular formula is C18H20FNOS. The maximum atomic E-state index is 13.0. The molecule has 2 aromatic carbocycles. The Morgan fingerprint density at radius 1 is 1.18 bits per heavy atom. The molecule has 4 heteroatoms. The van der Waals surface area contributed by atoms with E-state index in [0.717, 1.165) is 10.5 Å². The summed E-state index contributed by atoms with van der Waals surface area (Å²) < 4.78 is 13.0. The van der Waals surface area contributed by atoms with Crippen molar-refractivity contribution in [3.63, 3.8) is 0 Å². The van der Waals surface area contributed by atoms with Crippen LogP contribution in [0.3, 0.4) is 0 Å². The third-order valence-corrected chi connectivity index (χ3v) is 4.93. The van der Waals surface area contributed by atoms with Gasteiger partial charge in [-0.25, -0.2) is 4.39 Å². The van der Waals surface area contributed by atoms with E-state index in [4.69, 9.17) is 0 Å². The van der Waals surface area contributed by atoms with E-state index in [1.807, 2.05) is 38.1 Å². The number of thioether (sulfide) groups is 1. The number of nitrogens with zero attached hydrogens (tertiary/aromatic N) is 1. The highest BCUT2D eigenvalue weighted by Crippen LogP contribution is 2.24. The Labute approximate surface area is 135 Å². The van der Waals surface area contributed by atoms with Gasteiger partial charge in [-0.3, -0.25) is 4.79 Å². The molecular weight excluding hydrogens is 297 g/mol. The topological polar surface area (TPSA) is 20.3 Å². The van der Waals surface area contributed by atoms with E-state index in [1.54, 1.807) is 35.8 Å². The minimum atomic E-state index is -0.264. The van der Waals surface area contributed by atoms with Gasteiger partial charge in [0.05, 0.1) is 11.8 Å². The minimum Gasteiger partial charge on any atom is -0.338 e. The summed E-state index contributed by atoms with van der Waals surface area (Å²) in [7, 11) is 1.79. The number of carbonyl (C=O) groups is 1. The van der Waals surface area contributed by atoms with Crippen LogP contribution in [0.1, 0.15) is 24.1 Å². The lowest BCUT2D eigenvalue weighted by Gasteiger charge is -2.25. The fraction of sp³-hybridized carbons (Fsp3) is 0.278. The molecule has 0 N–H and O–H groups in total. The molecule has 0 spiro atoms. The Hall–Kier alpha value is -1.81. The Bertz CT molecular complexity index is 642. The lowest BCUT2D eigenvalue weighted by atomic mass is 10.1. The number of hydrogen-bond acceptors (Lipinski definition) is 2. The van der Waals surface area contributed by atoms with Gasteiger partial charge >= 0.3 is 0 Å². The zero-order valence-corrected chi connectivity index (χ0v) is 13.9. The first-order valence-corrected chi connectivity index (χ1v) is 8.17. The highest BCUT2D eigenvalue weighted by atomic mass is 32.2. The van der Waals surface area contributed by atoms with E-state index in [1.165, 1.54) is 17.7 Å². The smallest absolute Gasteiger partial charge is 0.233 e. The molecule has 0 aliphatic heterocycles. The average Bonchev–Trinajstić information content (AvgIpc) is 2.53. The molecule has 0 aliphatic rings. The zero-order chi connectivity index (χ0) is 16.1. The SMILES string of the molecule is Cc1ccccc1SCC(=O)N(C)C(C)c1ccc(F)cc1. The number of aryl methyl sites for hydroxylation is 1.